The van der Waals surface area contributed by atoms with Crippen LogP contribution >= 0.6 is 23.2 Å². The molecule has 30 heavy (non-hydrogen) atoms. The number of carbonyl (C=O) groups is 2. The van der Waals surface area contributed by atoms with Crippen molar-refractivity contribution in [2.24, 2.45) is 0 Å². The van der Waals surface area contributed by atoms with E-state index in [1.165, 1.54) is 18.2 Å². The van der Waals surface area contributed by atoms with Crippen molar-refractivity contribution in [2.45, 2.75) is 20.4 Å². The van der Waals surface area contributed by atoms with Gasteiger partial charge < -0.3 is 19.4 Å². The van der Waals surface area contributed by atoms with E-state index in [2.05, 4.69) is 5.32 Å². The Balaban J connectivity index is 2.05. The smallest absolute Gasteiger partial charge is 0.349 e. The number of hydrogen-bond donors (Lipinski definition) is 1. The number of nitriles is 1. The number of aromatic nitrogens is 1. The van der Waals surface area contributed by atoms with Gasteiger partial charge in [0.05, 0.1) is 17.3 Å². The molecule has 0 saturated heterocycles. The van der Waals surface area contributed by atoms with Gasteiger partial charge in [0, 0.05) is 30.1 Å². The molecule has 0 radical (unpaired) electrons. The Hall–Kier alpha value is -2.79. The van der Waals surface area contributed by atoms with E-state index in [-0.39, 0.29) is 5.57 Å². The first-order valence-corrected chi connectivity index (χ1v) is 9.72. The third-order valence-corrected chi connectivity index (χ3v) is 4.87. The summed E-state index contributed by atoms with van der Waals surface area (Å²) >= 11 is 11.9. The van der Waals surface area contributed by atoms with Crippen LogP contribution in [-0.2, 0) is 25.6 Å². The maximum atomic E-state index is 12.3. The van der Waals surface area contributed by atoms with Gasteiger partial charge in [-0.3, -0.25) is 4.79 Å². The Bertz CT molecular complexity index is 1020. The molecule has 158 valence electrons. The number of methoxy groups -OCH3 is 1. The summed E-state index contributed by atoms with van der Waals surface area (Å²) in [5.74, 6) is -1.51. The third-order valence-electron chi connectivity index (χ3n) is 4.31. The fourth-order valence-electron chi connectivity index (χ4n) is 2.78. The van der Waals surface area contributed by atoms with E-state index in [4.69, 9.17) is 32.7 Å². The lowest BCUT2D eigenvalue weighted by atomic mass is 10.1. The Labute approximate surface area is 184 Å². The molecule has 1 amide bonds. The summed E-state index contributed by atoms with van der Waals surface area (Å²) < 4.78 is 12.1. The first kappa shape index (κ1) is 23.5. The minimum atomic E-state index is -0.897. The second-order valence-corrected chi connectivity index (χ2v) is 7.23. The molecule has 1 N–H and O–H groups in total. The van der Waals surface area contributed by atoms with Gasteiger partial charge in [-0.25, -0.2) is 4.79 Å². The Morgan fingerprint density at radius 3 is 2.67 bits per heavy atom. The maximum absolute atomic E-state index is 12.3. The topological polar surface area (TPSA) is 93.3 Å². The molecule has 1 aromatic heterocycles. The molecule has 0 unspecified atom stereocenters. The first-order valence-electron chi connectivity index (χ1n) is 8.96. The summed E-state index contributed by atoms with van der Waals surface area (Å²) in [6.07, 6.45) is 1.44. The number of hydrogen-bond acceptors (Lipinski definition) is 5. The first-order chi connectivity index (χ1) is 14.3. The molecule has 9 heteroatoms. The zero-order valence-electron chi connectivity index (χ0n) is 16.8. The molecule has 0 spiro atoms. The lowest BCUT2D eigenvalue weighted by Crippen LogP contribution is -2.21. The number of nitrogens with zero attached hydrogens (tertiary/aromatic N) is 2. The summed E-state index contributed by atoms with van der Waals surface area (Å²) in [7, 11) is 1.62. The molecule has 7 nitrogen and oxygen atoms in total. The van der Waals surface area contributed by atoms with E-state index in [0.717, 1.165) is 11.4 Å². The van der Waals surface area contributed by atoms with Gasteiger partial charge in [0.1, 0.15) is 11.6 Å². The molecular weight excluding hydrogens is 429 g/mol. The highest BCUT2D eigenvalue weighted by molar-refractivity contribution is 6.35. The molecule has 1 heterocycles. The van der Waals surface area contributed by atoms with E-state index in [0.29, 0.717) is 34.4 Å². The number of rotatable bonds is 8. The molecule has 0 atom stereocenters. The van der Waals surface area contributed by atoms with Crippen LogP contribution in [0.5, 0.6) is 0 Å². The summed E-state index contributed by atoms with van der Waals surface area (Å²) in [6, 6.07) is 8.27. The van der Waals surface area contributed by atoms with Gasteiger partial charge in [-0.1, -0.05) is 23.2 Å². The van der Waals surface area contributed by atoms with Crippen LogP contribution in [0.25, 0.3) is 6.08 Å². The highest BCUT2D eigenvalue weighted by Crippen LogP contribution is 2.25. The minimum Gasteiger partial charge on any atom is -0.451 e. The Morgan fingerprint density at radius 1 is 1.27 bits per heavy atom. The highest BCUT2D eigenvalue weighted by Gasteiger charge is 2.16. The van der Waals surface area contributed by atoms with Crippen LogP contribution in [-0.4, -0.2) is 36.8 Å². The van der Waals surface area contributed by atoms with Gasteiger partial charge in [-0.15, -0.1) is 0 Å². The van der Waals surface area contributed by atoms with Gasteiger partial charge in [0.15, 0.2) is 6.61 Å². The second-order valence-electron chi connectivity index (χ2n) is 6.39. The lowest BCUT2D eigenvalue weighted by molar-refractivity contribution is -0.142. The Kier molecular flexibility index (Phi) is 8.48. The van der Waals surface area contributed by atoms with Crippen molar-refractivity contribution in [3.8, 4) is 6.07 Å². The minimum absolute atomic E-state index is 0.212. The quantitative estimate of drug-likeness (QED) is 0.371. The van der Waals surface area contributed by atoms with Crippen LogP contribution in [0.3, 0.4) is 0 Å². The van der Waals surface area contributed by atoms with Crippen molar-refractivity contribution in [1.29, 1.82) is 5.26 Å². The number of carbonyl (C=O) groups excluding carboxylic acids is 2. The van der Waals surface area contributed by atoms with E-state index in [1.807, 2.05) is 30.6 Å². The van der Waals surface area contributed by atoms with Gasteiger partial charge >= 0.3 is 5.97 Å². The van der Waals surface area contributed by atoms with Gasteiger partial charge in [0.25, 0.3) is 5.91 Å². The summed E-state index contributed by atoms with van der Waals surface area (Å²) in [4.78, 5) is 24.3. The summed E-state index contributed by atoms with van der Waals surface area (Å²) in [5, 5.41) is 12.5. The van der Waals surface area contributed by atoms with Crippen LogP contribution in [0, 0.1) is 25.2 Å². The van der Waals surface area contributed by atoms with Gasteiger partial charge in [-0.2, -0.15) is 5.26 Å². The van der Waals surface area contributed by atoms with Gasteiger partial charge in [0.2, 0.25) is 0 Å². The Morgan fingerprint density at radius 2 is 2.00 bits per heavy atom. The van der Waals surface area contributed by atoms with Crippen molar-refractivity contribution in [1.82, 2.24) is 4.57 Å². The van der Waals surface area contributed by atoms with Crippen molar-refractivity contribution in [2.75, 3.05) is 25.6 Å². The van der Waals surface area contributed by atoms with Crippen molar-refractivity contribution >= 4 is 46.8 Å². The molecule has 2 rings (SSSR count). The lowest BCUT2D eigenvalue weighted by Gasteiger charge is -2.09. The second kappa shape index (κ2) is 10.8. The highest BCUT2D eigenvalue weighted by atomic mass is 35.5. The molecule has 0 aliphatic heterocycles. The van der Waals surface area contributed by atoms with Crippen molar-refractivity contribution < 1.29 is 19.1 Å². The number of benzene rings is 1. The maximum Gasteiger partial charge on any atom is 0.349 e. The number of aryl methyl sites for hydroxylation is 1. The van der Waals surface area contributed by atoms with Crippen LogP contribution in [0.15, 0.2) is 29.8 Å². The van der Waals surface area contributed by atoms with Gasteiger partial charge in [-0.05, 0) is 49.8 Å². The number of amides is 1. The average Bonchev–Trinajstić information content (AvgIpc) is 2.98. The number of ether oxygens (including phenoxy) is 2. The molecule has 0 fully saturated rings. The van der Waals surface area contributed by atoms with Crippen LogP contribution in [0.1, 0.15) is 17.0 Å². The van der Waals surface area contributed by atoms with Crippen LogP contribution in [0.4, 0.5) is 5.69 Å². The molecule has 0 aliphatic carbocycles. The molecule has 0 bridgehead atoms. The number of anilines is 1. The number of nitrogens with one attached hydrogen (secondary N) is 1. The predicted molar refractivity (Wildman–Crippen MR) is 115 cm³/mol. The van der Waals surface area contributed by atoms with Crippen LogP contribution in [0.2, 0.25) is 10.0 Å². The van der Waals surface area contributed by atoms with E-state index in [9.17, 15) is 14.9 Å². The summed E-state index contributed by atoms with van der Waals surface area (Å²) in [5.41, 5.74) is 2.66. The zero-order valence-corrected chi connectivity index (χ0v) is 18.3. The van der Waals surface area contributed by atoms with E-state index in [1.54, 1.807) is 13.2 Å². The van der Waals surface area contributed by atoms with E-state index >= 15 is 0 Å². The molecule has 1 aromatic carbocycles. The fraction of sp³-hybridized carbons (Fsp3) is 0.286. The monoisotopic (exact) mass is 449 g/mol. The SMILES string of the molecule is COCCn1c(C)cc(/C=C(\C#N)C(=O)OCC(=O)Nc2cc(Cl)ccc2Cl)c1C. The third kappa shape index (κ3) is 6.10. The average molecular weight is 450 g/mol. The number of halogens is 2. The molecule has 2 aromatic rings. The van der Waals surface area contributed by atoms with Crippen LogP contribution < -0.4 is 5.32 Å². The van der Waals surface area contributed by atoms with Crippen molar-refractivity contribution in [3.63, 3.8) is 0 Å². The fourth-order valence-corrected chi connectivity index (χ4v) is 3.12. The normalized spacial score (nSPS) is 11.1. The predicted octanol–water partition coefficient (Wildman–Crippen LogP) is 4.15. The zero-order chi connectivity index (χ0) is 22.3. The molecule has 0 saturated carbocycles. The number of esters is 1. The molecule has 0 aliphatic rings. The summed E-state index contributed by atoms with van der Waals surface area (Å²) in [6.45, 7) is 4.43. The van der Waals surface area contributed by atoms with Crippen molar-refractivity contribution in [3.05, 3.63) is 56.8 Å². The largest absolute Gasteiger partial charge is 0.451 e. The standard InChI is InChI=1S/C21H21Cl2N3O4/c1-13-8-15(14(2)26(13)6-7-29-3)9-16(11-24)21(28)30-12-20(27)25-19-10-17(22)4-5-18(19)23/h4-5,8-10H,6-7,12H2,1-3H3,(H,25,27)/b16-9+. The van der Waals surface area contributed by atoms with E-state index < -0.39 is 18.5 Å². The molecular formula is C21H21Cl2N3O4.